The molecule has 0 radical (unpaired) electrons. The number of hydrogen-bond donors (Lipinski definition) is 2. The molecular formula is C18H36IN5O2. The van der Waals surface area contributed by atoms with Gasteiger partial charge in [0.25, 0.3) is 0 Å². The second-order valence-electron chi connectivity index (χ2n) is 7.23. The van der Waals surface area contributed by atoms with Crippen molar-refractivity contribution in [3.05, 3.63) is 0 Å². The molecule has 152 valence electrons. The number of guanidine groups is 1. The molecule has 2 heterocycles. The molecule has 0 aromatic heterocycles. The average molecular weight is 481 g/mol. The highest BCUT2D eigenvalue weighted by Gasteiger charge is 2.27. The molecule has 2 N–H and O–H groups in total. The fourth-order valence-electron chi connectivity index (χ4n) is 3.32. The number of rotatable bonds is 7. The van der Waals surface area contributed by atoms with Gasteiger partial charge >= 0.3 is 0 Å². The standard InChI is InChI=1S/C18H35N5O2.HI/c1-15(2)17(24)23-9-6-16(14-23)21-18(19-3)20-7-4-5-8-22-10-12-25-13-11-22;/h15-16H,4-14H2,1-3H3,(H2,19,20,21);1H. The highest BCUT2D eigenvalue weighted by atomic mass is 127. The van der Waals surface area contributed by atoms with Gasteiger partial charge in [0.2, 0.25) is 5.91 Å². The van der Waals surface area contributed by atoms with Crippen molar-refractivity contribution in [2.75, 3.05) is 59.5 Å². The van der Waals surface area contributed by atoms with Crippen molar-refractivity contribution in [2.45, 2.75) is 39.2 Å². The van der Waals surface area contributed by atoms with Crippen LogP contribution in [0.4, 0.5) is 0 Å². The molecule has 2 saturated heterocycles. The lowest BCUT2D eigenvalue weighted by Crippen LogP contribution is -2.45. The quantitative estimate of drug-likeness (QED) is 0.247. The van der Waals surface area contributed by atoms with Gasteiger partial charge in [-0.05, 0) is 25.8 Å². The Morgan fingerprint density at radius 1 is 1.23 bits per heavy atom. The number of aliphatic imine (C=N–C) groups is 1. The van der Waals surface area contributed by atoms with Crippen molar-refractivity contribution in [2.24, 2.45) is 10.9 Å². The molecule has 8 heteroatoms. The zero-order chi connectivity index (χ0) is 18.1. The minimum atomic E-state index is 0. The van der Waals surface area contributed by atoms with Crippen LogP contribution >= 0.6 is 24.0 Å². The maximum absolute atomic E-state index is 12.1. The Kier molecular flexibility index (Phi) is 11.5. The molecule has 0 spiro atoms. The fraction of sp³-hybridized carbons (Fsp3) is 0.889. The number of halogens is 1. The van der Waals surface area contributed by atoms with E-state index in [4.69, 9.17) is 4.74 Å². The molecule has 1 unspecified atom stereocenters. The smallest absolute Gasteiger partial charge is 0.225 e. The van der Waals surface area contributed by atoms with Gasteiger partial charge in [0.05, 0.1) is 13.2 Å². The number of ether oxygens (including phenoxy) is 1. The predicted octanol–water partition coefficient (Wildman–Crippen LogP) is 1.14. The topological polar surface area (TPSA) is 69.2 Å². The zero-order valence-electron chi connectivity index (χ0n) is 16.5. The van der Waals surface area contributed by atoms with Crippen LogP contribution in [0.15, 0.2) is 4.99 Å². The van der Waals surface area contributed by atoms with Gasteiger partial charge < -0.3 is 20.3 Å². The number of likely N-dealkylation sites (tertiary alicyclic amines) is 1. The van der Waals surface area contributed by atoms with Crippen LogP contribution in [0.1, 0.15) is 33.1 Å². The lowest BCUT2D eigenvalue weighted by Gasteiger charge is -2.26. The molecular weight excluding hydrogens is 445 g/mol. The molecule has 7 nitrogen and oxygen atoms in total. The summed E-state index contributed by atoms with van der Waals surface area (Å²) >= 11 is 0. The minimum absolute atomic E-state index is 0. The maximum Gasteiger partial charge on any atom is 0.225 e. The Morgan fingerprint density at radius 2 is 1.96 bits per heavy atom. The third-order valence-electron chi connectivity index (χ3n) is 4.86. The van der Waals surface area contributed by atoms with Crippen molar-refractivity contribution in [1.29, 1.82) is 0 Å². The van der Waals surface area contributed by atoms with Gasteiger partial charge in [0.15, 0.2) is 5.96 Å². The molecule has 2 aliphatic heterocycles. The van der Waals surface area contributed by atoms with Crippen LogP contribution in [0.2, 0.25) is 0 Å². The molecule has 2 fully saturated rings. The average Bonchev–Trinajstić information content (AvgIpc) is 3.09. The SMILES string of the molecule is CN=C(NCCCCN1CCOCC1)NC1CCN(C(=O)C(C)C)C1.I. The van der Waals surface area contributed by atoms with Crippen molar-refractivity contribution < 1.29 is 9.53 Å². The van der Waals surface area contributed by atoms with Gasteiger partial charge in [0.1, 0.15) is 0 Å². The van der Waals surface area contributed by atoms with Gasteiger partial charge in [-0.1, -0.05) is 13.8 Å². The summed E-state index contributed by atoms with van der Waals surface area (Å²) in [6.45, 7) is 11.4. The summed E-state index contributed by atoms with van der Waals surface area (Å²) in [6, 6.07) is 0.294. The third-order valence-corrected chi connectivity index (χ3v) is 4.86. The van der Waals surface area contributed by atoms with E-state index >= 15 is 0 Å². The van der Waals surface area contributed by atoms with Gasteiger partial charge in [0, 0.05) is 51.7 Å². The molecule has 0 saturated carbocycles. The van der Waals surface area contributed by atoms with Crippen LogP contribution in [0, 0.1) is 5.92 Å². The number of morpholine rings is 1. The summed E-state index contributed by atoms with van der Waals surface area (Å²) in [6.07, 6.45) is 3.29. The highest BCUT2D eigenvalue weighted by Crippen LogP contribution is 2.12. The first-order valence-electron chi connectivity index (χ1n) is 9.66. The first-order valence-corrected chi connectivity index (χ1v) is 9.66. The van der Waals surface area contributed by atoms with Crippen LogP contribution in [0.3, 0.4) is 0 Å². The van der Waals surface area contributed by atoms with Gasteiger partial charge in [-0.2, -0.15) is 0 Å². The predicted molar refractivity (Wildman–Crippen MR) is 116 cm³/mol. The van der Waals surface area contributed by atoms with E-state index in [-0.39, 0.29) is 35.8 Å². The molecule has 26 heavy (non-hydrogen) atoms. The number of amides is 1. The molecule has 0 aromatic rings. The largest absolute Gasteiger partial charge is 0.379 e. The van der Waals surface area contributed by atoms with E-state index in [0.29, 0.717) is 6.04 Å². The Morgan fingerprint density at radius 3 is 2.62 bits per heavy atom. The van der Waals surface area contributed by atoms with E-state index in [0.717, 1.165) is 71.3 Å². The van der Waals surface area contributed by atoms with E-state index in [2.05, 4.69) is 20.5 Å². The van der Waals surface area contributed by atoms with Crippen LogP contribution in [0.5, 0.6) is 0 Å². The number of nitrogens with one attached hydrogen (secondary N) is 2. The Bertz CT molecular complexity index is 441. The van der Waals surface area contributed by atoms with Crippen LogP contribution in [0.25, 0.3) is 0 Å². The summed E-state index contributed by atoms with van der Waals surface area (Å²) in [4.78, 5) is 20.8. The van der Waals surface area contributed by atoms with E-state index < -0.39 is 0 Å². The highest BCUT2D eigenvalue weighted by molar-refractivity contribution is 14.0. The first-order chi connectivity index (χ1) is 12.1. The van der Waals surface area contributed by atoms with Crippen molar-refractivity contribution >= 4 is 35.8 Å². The Hall–Kier alpha value is -0.610. The maximum atomic E-state index is 12.1. The summed E-state index contributed by atoms with van der Waals surface area (Å²) in [5.74, 6) is 1.16. The van der Waals surface area contributed by atoms with Crippen molar-refractivity contribution in [3.8, 4) is 0 Å². The summed E-state index contributed by atoms with van der Waals surface area (Å²) in [5.41, 5.74) is 0. The number of carbonyl (C=O) groups excluding carboxylic acids is 1. The molecule has 1 atom stereocenters. The number of hydrogen-bond acceptors (Lipinski definition) is 4. The number of nitrogens with zero attached hydrogens (tertiary/aromatic N) is 3. The second kappa shape index (κ2) is 12.7. The van der Waals surface area contributed by atoms with E-state index in [9.17, 15) is 4.79 Å². The monoisotopic (exact) mass is 481 g/mol. The lowest BCUT2D eigenvalue weighted by molar-refractivity contribution is -0.133. The molecule has 1 amide bonds. The van der Waals surface area contributed by atoms with Crippen molar-refractivity contribution in [1.82, 2.24) is 20.4 Å². The van der Waals surface area contributed by atoms with E-state index in [1.165, 1.54) is 6.42 Å². The molecule has 0 aromatic carbocycles. The first kappa shape index (κ1) is 23.4. The minimum Gasteiger partial charge on any atom is -0.379 e. The Balaban J connectivity index is 0.00000338. The van der Waals surface area contributed by atoms with Crippen LogP contribution in [-0.4, -0.2) is 87.2 Å². The molecule has 0 bridgehead atoms. The van der Waals surface area contributed by atoms with Gasteiger partial charge in [-0.25, -0.2) is 0 Å². The summed E-state index contributed by atoms with van der Waals surface area (Å²) in [5, 5.41) is 6.84. The zero-order valence-corrected chi connectivity index (χ0v) is 18.8. The normalized spacial score (nSPS) is 21.6. The van der Waals surface area contributed by atoms with Gasteiger partial charge in [-0.3, -0.25) is 14.7 Å². The third kappa shape index (κ3) is 7.96. The van der Waals surface area contributed by atoms with Crippen LogP contribution < -0.4 is 10.6 Å². The number of carbonyl (C=O) groups is 1. The molecule has 0 aliphatic carbocycles. The van der Waals surface area contributed by atoms with E-state index in [1.54, 1.807) is 7.05 Å². The fourth-order valence-corrected chi connectivity index (χ4v) is 3.32. The van der Waals surface area contributed by atoms with Crippen molar-refractivity contribution in [3.63, 3.8) is 0 Å². The van der Waals surface area contributed by atoms with E-state index in [1.807, 2.05) is 18.7 Å². The molecule has 2 rings (SSSR count). The number of unbranched alkanes of at least 4 members (excludes halogenated alkanes) is 1. The Labute approximate surface area is 175 Å². The lowest BCUT2D eigenvalue weighted by atomic mass is 10.2. The van der Waals surface area contributed by atoms with Crippen LogP contribution in [-0.2, 0) is 9.53 Å². The second-order valence-corrected chi connectivity index (χ2v) is 7.23. The molecule has 2 aliphatic rings. The summed E-state index contributed by atoms with van der Waals surface area (Å²) < 4.78 is 5.37. The summed E-state index contributed by atoms with van der Waals surface area (Å²) in [7, 11) is 1.80. The van der Waals surface area contributed by atoms with Gasteiger partial charge in [-0.15, -0.1) is 24.0 Å².